The molecular weight excluding hydrogens is 297 g/mol. The molecule has 1 aromatic rings. The number of nitrogens with zero attached hydrogens (tertiary/aromatic N) is 1. The van der Waals surface area contributed by atoms with E-state index in [9.17, 15) is 13.2 Å². The van der Waals surface area contributed by atoms with Crippen LogP contribution < -0.4 is 5.73 Å². The summed E-state index contributed by atoms with van der Waals surface area (Å²) in [5.74, 6) is 0. The number of rotatable bonds is 9. The minimum absolute atomic E-state index is 0.306. The Balaban J connectivity index is 2.69. The van der Waals surface area contributed by atoms with Crippen molar-refractivity contribution >= 4 is 5.71 Å². The summed E-state index contributed by atoms with van der Waals surface area (Å²) in [6.07, 6.45) is -2.47. The molecule has 0 unspecified atom stereocenters. The second-order valence-corrected chi connectivity index (χ2v) is 4.75. The molecule has 22 heavy (non-hydrogen) atoms. The fourth-order valence-corrected chi connectivity index (χ4v) is 1.82. The van der Waals surface area contributed by atoms with Crippen LogP contribution in [0.1, 0.15) is 24.0 Å². The summed E-state index contributed by atoms with van der Waals surface area (Å²) < 4.78 is 42.6. The molecule has 0 bridgehead atoms. The van der Waals surface area contributed by atoms with E-state index in [0.29, 0.717) is 32.6 Å². The lowest BCUT2D eigenvalue weighted by atomic mass is 10.0. The average molecular weight is 318 g/mol. The third kappa shape index (κ3) is 6.91. The van der Waals surface area contributed by atoms with Crippen LogP contribution in [0.4, 0.5) is 13.2 Å². The number of ether oxygens (including phenoxy) is 1. The predicted octanol–water partition coefficient (Wildman–Crippen LogP) is 3.01. The minimum atomic E-state index is -4.32. The van der Waals surface area contributed by atoms with Gasteiger partial charge in [-0.15, -0.1) is 0 Å². The van der Waals surface area contributed by atoms with E-state index in [-0.39, 0.29) is 0 Å². The van der Waals surface area contributed by atoms with E-state index in [1.54, 1.807) is 7.11 Å². The van der Waals surface area contributed by atoms with Gasteiger partial charge in [0.1, 0.15) is 6.61 Å². The lowest BCUT2D eigenvalue weighted by Crippen LogP contribution is -2.10. The molecule has 0 radical (unpaired) electrons. The lowest BCUT2D eigenvalue weighted by molar-refractivity contribution is -0.137. The highest BCUT2D eigenvalue weighted by Crippen LogP contribution is 2.29. The molecular formula is C15H21F3N2O2. The highest BCUT2D eigenvalue weighted by Gasteiger charge is 2.29. The van der Waals surface area contributed by atoms with Gasteiger partial charge in [-0.1, -0.05) is 17.3 Å². The topological polar surface area (TPSA) is 56.8 Å². The average Bonchev–Trinajstić information content (AvgIpc) is 2.47. The molecule has 0 fully saturated rings. The summed E-state index contributed by atoms with van der Waals surface area (Å²) in [4.78, 5) is 5.07. The standard InChI is InChI=1S/C15H21F3N2O2/c1-21-9-2-3-14(20-22-10-8-19)11-12-4-6-13(7-5-12)15(16,17)18/h4-7H,2-3,8-11,19H2,1H3. The van der Waals surface area contributed by atoms with Gasteiger partial charge in [0.25, 0.3) is 0 Å². The first-order valence-corrected chi connectivity index (χ1v) is 7.00. The van der Waals surface area contributed by atoms with Crippen molar-refractivity contribution in [1.29, 1.82) is 0 Å². The maximum absolute atomic E-state index is 12.5. The van der Waals surface area contributed by atoms with Gasteiger partial charge < -0.3 is 15.3 Å². The second kappa shape index (κ2) is 9.42. The zero-order chi connectivity index (χ0) is 16.4. The molecule has 4 nitrogen and oxygen atoms in total. The summed E-state index contributed by atoms with van der Waals surface area (Å²) in [7, 11) is 1.61. The van der Waals surface area contributed by atoms with E-state index in [0.717, 1.165) is 29.8 Å². The molecule has 0 aromatic heterocycles. The normalized spacial score (nSPS) is 12.5. The Morgan fingerprint density at radius 1 is 1.18 bits per heavy atom. The third-order valence-corrected chi connectivity index (χ3v) is 2.91. The molecule has 1 rings (SSSR count). The van der Waals surface area contributed by atoms with Crippen LogP contribution in [0, 0.1) is 0 Å². The summed E-state index contributed by atoms with van der Waals surface area (Å²) in [6, 6.07) is 5.06. The molecule has 0 aliphatic heterocycles. The van der Waals surface area contributed by atoms with Crippen molar-refractivity contribution in [1.82, 2.24) is 0 Å². The molecule has 0 heterocycles. The SMILES string of the molecule is COCCCC(Cc1ccc(C(F)(F)F)cc1)=NOCCN. The van der Waals surface area contributed by atoms with Gasteiger partial charge in [-0.05, 0) is 30.5 Å². The van der Waals surface area contributed by atoms with Crippen LogP contribution in [0.5, 0.6) is 0 Å². The molecule has 0 amide bonds. The molecule has 0 saturated carbocycles. The van der Waals surface area contributed by atoms with Gasteiger partial charge in [-0.2, -0.15) is 13.2 Å². The number of alkyl halides is 3. The van der Waals surface area contributed by atoms with E-state index in [1.807, 2.05) is 0 Å². The monoisotopic (exact) mass is 318 g/mol. The van der Waals surface area contributed by atoms with Crippen molar-refractivity contribution in [2.45, 2.75) is 25.4 Å². The largest absolute Gasteiger partial charge is 0.416 e. The minimum Gasteiger partial charge on any atom is -0.394 e. The Bertz CT molecular complexity index is 459. The molecule has 0 aliphatic rings. The van der Waals surface area contributed by atoms with E-state index in [2.05, 4.69) is 5.16 Å². The van der Waals surface area contributed by atoms with E-state index in [4.69, 9.17) is 15.3 Å². The molecule has 0 atom stereocenters. The van der Waals surface area contributed by atoms with Crippen molar-refractivity contribution in [2.24, 2.45) is 10.9 Å². The Morgan fingerprint density at radius 2 is 1.86 bits per heavy atom. The van der Waals surface area contributed by atoms with Crippen LogP contribution in [-0.4, -0.2) is 32.6 Å². The van der Waals surface area contributed by atoms with Crippen molar-refractivity contribution in [3.8, 4) is 0 Å². The zero-order valence-corrected chi connectivity index (χ0v) is 12.5. The predicted molar refractivity (Wildman–Crippen MR) is 78.7 cm³/mol. The summed E-state index contributed by atoms with van der Waals surface area (Å²) >= 11 is 0. The van der Waals surface area contributed by atoms with Crippen LogP contribution in [0.15, 0.2) is 29.4 Å². The first kappa shape index (κ1) is 18.4. The number of nitrogens with two attached hydrogens (primary N) is 1. The summed E-state index contributed by atoms with van der Waals surface area (Å²) in [5.41, 5.74) is 6.17. The Kier molecular flexibility index (Phi) is 7.90. The number of methoxy groups -OCH3 is 1. The van der Waals surface area contributed by atoms with Crippen LogP contribution in [0.2, 0.25) is 0 Å². The maximum atomic E-state index is 12.5. The van der Waals surface area contributed by atoms with Crippen molar-refractivity contribution in [3.63, 3.8) is 0 Å². The van der Waals surface area contributed by atoms with Gasteiger partial charge in [-0.25, -0.2) is 0 Å². The fourth-order valence-electron chi connectivity index (χ4n) is 1.82. The van der Waals surface area contributed by atoms with Gasteiger partial charge in [0.05, 0.1) is 11.3 Å². The van der Waals surface area contributed by atoms with Crippen LogP contribution in [0.3, 0.4) is 0 Å². The lowest BCUT2D eigenvalue weighted by Gasteiger charge is -2.09. The molecule has 0 spiro atoms. The maximum Gasteiger partial charge on any atom is 0.416 e. The molecule has 7 heteroatoms. The molecule has 1 aromatic carbocycles. The zero-order valence-electron chi connectivity index (χ0n) is 12.5. The van der Waals surface area contributed by atoms with Gasteiger partial charge in [0, 0.05) is 26.7 Å². The third-order valence-electron chi connectivity index (χ3n) is 2.91. The van der Waals surface area contributed by atoms with Gasteiger partial charge in [-0.3, -0.25) is 0 Å². The highest BCUT2D eigenvalue weighted by atomic mass is 19.4. The van der Waals surface area contributed by atoms with Crippen LogP contribution in [-0.2, 0) is 22.2 Å². The van der Waals surface area contributed by atoms with Gasteiger partial charge >= 0.3 is 6.18 Å². The molecule has 0 aliphatic carbocycles. The van der Waals surface area contributed by atoms with Gasteiger partial charge in [0.2, 0.25) is 0 Å². The Morgan fingerprint density at radius 3 is 2.41 bits per heavy atom. The van der Waals surface area contributed by atoms with Gasteiger partial charge in [0.15, 0.2) is 0 Å². The fraction of sp³-hybridized carbons (Fsp3) is 0.533. The van der Waals surface area contributed by atoms with Crippen molar-refractivity contribution < 1.29 is 22.7 Å². The van der Waals surface area contributed by atoms with Crippen LogP contribution in [0.25, 0.3) is 0 Å². The molecule has 124 valence electrons. The highest BCUT2D eigenvalue weighted by molar-refractivity contribution is 5.86. The Hall–Kier alpha value is -1.60. The van der Waals surface area contributed by atoms with Crippen molar-refractivity contribution in [3.05, 3.63) is 35.4 Å². The quantitative estimate of drug-likeness (QED) is 0.432. The number of oxime groups is 1. The first-order valence-electron chi connectivity index (χ1n) is 7.00. The second-order valence-electron chi connectivity index (χ2n) is 4.75. The molecule has 2 N–H and O–H groups in total. The van der Waals surface area contributed by atoms with E-state index < -0.39 is 11.7 Å². The summed E-state index contributed by atoms with van der Waals surface area (Å²) in [6.45, 7) is 1.25. The smallest absolute Gasteiger partial charge is 0.394 e. The van der Waals surface area contributed by atoms with Crippen molar-refractivity contribution in [2.75, 3.05) is 26.9 Å². The molecule has 0 saturated heterocycles. The van der Waals surface area contributed by atoms with E-state index >= 15 is 0 Å². The number of hydrogen-bond acceptors (Lipinski definition) is 4. The number of benzene rings is 1. The number of halogens is 3. The van der Waals surface area contributed by atoms with Crippen LogP contribution >= 0.6 is 0 Å². The first-order chi connectivity index (χ1) is 10.5. The van der Waals surface area contributed by atoms with E-state index in [1.165, 1.54) is 12.1 Å². The Labute approximate surface area is 128 Å². The number of hydrogen-bond donors (Lipinski definition) is 1. The summed E-state index contributed by atoms with van der Waals surface area (Å²) in [5, 5.41) is 4.01.